The standard InChI is InChI=1S/C13H23N3O3S/c1-4-5-16(6-7-17)20(18,19)13-10(2)8-12(15-14)9-11(13)3/h8-9,15,17H,4-7,14H2,1-3H3. The number of benzene rings is 1. The number of rotatable bonds is 7. The Morgan fingerprint density at radius 2 is 1.80 bits per heavy atom. The van der Waals surface area contributed by atoms with E-state index in [0.29, 0.717) is 34.7 Å². The van der Waals surface area contributed by atoms with Gasteiger partial charge in [0, 0.05) is 18.8 Å². The summed E-state index contributed by atoms with van der Waals surface area (Å²) in [5, 5.41) is 9.06. The van der Waals surface area contributed by atoms with Crippen LogP contribution < -0.4 is 11.3 Å². The van der Waals surface area contributed by atoms with Gasteiger partial charge in [-0.2, -0.15) is 4.31 Å². The second kappa shape index (κ2) is 7.03. The topological polar surface area (TPSA) is 95.7 Å². The summed E-state index contributed by atoms with van der Waals surface area (Å²) in [6, 6.07) is 3.39. The van der Waals surface area contributed by atoms with Gasteiger partial charge in [0.15, 0.2) is 0 Å². The minimum atomic E-state index is -3.61. The summed E-state index contributed by atoms with van der Waals surface area (Å²) in [5.41, 5.74) is 4.46. The number of hydrazine groups is 1. The van der Waals surface area contributed by atoms with Crippen LogP contribution in [0.1, 0.15) is 24.5 Å². The Morgan fingerprint density at radius 3 is 2.20 bits per heavy atom. The summed E-state index contributed by atoms with van der Waals surface area (Å²) in [6.45, 7) is 5.68. The molecule has 0 atom stereocenters. The Labute approximate surface area is 120 Å². The van der Waals surface area contributed by atoms with Crippen LogP contribution in [0.4, 0.5) is 5.69 Å². The quantitative estimate of drug-likeness (QED) is 0.515. The Bertz CT molecular complexity index is 529. The number of nitrogen functional groups attached to an aromatic ring is 1. The zero-order chi connectivity index (χ0) is 15.3. The molecular weight excluding hydrogens is 278 g/mol. The smallest absolute Gasteiger partial charge is 0.243 e. The average molecular weight is 301 g/mol. The molecule has 0 unspecified atom stereocenters. The van der Waals surface area contributed by atoms with E-state index in [-0.39, 0.29) is 13.2 Å². The molecule has 0 amide bonds. The fourth-order valence-electron chi connectivity index (χ4n) is 2.28. The van der Waals surface area contributed by atoms with Gasteiger partial charge in [0.25, 0.3) is 0 Å². The van der Waals surface area contributed by atoms with Crippen LogP contribution in [0.2, 0.25) is 0 Å². The largest absolute Gasteiger partial charge is 0.395 e. The van der Waals surface area contributed by atoms with E-state index in [0.717, 1.165) is 0 Å². The molecule has 0 aliphatic heterocycles. The van der Waals surface area contributed by atoms with Crippen LogP contribution in [0.3, 0.4) is 0 Å². The summed E-state index contributed by atoms with van der Waals surface area (Å²) in [7, 11) is -3.61. The molecule has 0 bridgehead atoms. The number of sulfonamides is 1. The highest BCUT2D eigenvalue weighted by atomic mass is 32.2. The third kappa shape index (κ3) is 3.49. The average Bonchev–Trinajstić information content (AvgIpc) is 2.37. The zero-order valence-electron chi connectivity index (χ0n) is 12.2. The number of nitrogens with two attached hydrogens (primary N) is 1. The molecule has 0 fully saturated rings. The van der Waals surface area contributed by atoms with Crippen molar-refractivity contribution in [2.24, 2.45) is 5.84 Å². The number of hydrogen-bond acceptors (Lipinski definition) is 5. The SMILES string of the molecule is CCCN(CCO)S(=O)(=O)c1c(C)cc(NN)cc1C. The molecule has 0 heterocycles. The molecular formula is C13H23N3O3S. The normalized spacial score (nSPS) is 11.9. The van der Waals surface area contributed by atoms with E-state index >= 15 is 0 Å². The molecule has 0 aliphatic carbocycles. The molecule has 4 N–H and O–H groups in total. The van der Waals surface area contributed by atoms with Crippen molar-refractivity contribution < 1.29 is 13.5 Å². The highest BCUT2D eigenvalue weighted by Crippen LogP contribution is 2.27. The van der Waals surface area contributed by atoms with Crippen molar-refractivity contribution in [2.45, 2.75) is 32.1 Å². The third-order valence-electron chi connectivity index (χ3n) is 3.05. The minimum Gasteiger partial charge on any atom is -0.395 e. The van der Waals surface area contributed by atoms with Crippen molar-refractivity contribution in [3.05, 3.63) is 23.3 Å². The van der Waals surface area contributed by atoms with Crippen molar-refractivity contribution in [2.75, 3.05) is 25.1 Å². The summed E-state index contributed by atoms with van der Waals surface area (Å²) >= 11 is 0. The van der Waals surface area contributed by atoms with Gasteiger partial charge in [0.2, 0.25) is 10.0 Å². The van der Waals surface area contributed by atoms with Crippen molar-refractivity contribution >= 4 is 15.7 Å². The van der Waals surface area contributed by atoms with E-state index < -0.39 is 10.0 Å². The number of hydrogen-bond donors (Lipinski definition) is 3. The Morgan fingerprint density at radius 1 is 1.25 bits per heavy atom. The molecule has 20 heavy (non-hydrogen) atoms. The van der Waals surface area contributed by atoms with Gasteiger partial charge in [-0.25, -0.2) is 8.42 Å². The lowest BCUT2D eigenvalue weighted by Crippen LogP contribution is -2.35. The molecule has 0 aliphatic rings. The fraction of sp³-hybridized carbons (Fsp3) is 0.538. The first-order valence-electron chi connectivity index (χ1n) is 6.57. The molecule has 6 nitrogen and oxygen atoms in total. The van der Waals surface area contributed by atoms with Gasteiger partial charge in [0.05, 0.1) is 11.5 Å². The second-order valence-corrected chi connectivity index (χ2v) is 6.59. The van der Waals surface area contributed by atoms with E-state index in [9.17, 15) is 8.42 Å². The van der Waals surface area contributed by atoms with Gasteiger partial charge in [0.1, 0.15) is 0 Å². The van der Waals surface area contributed by atoms with Crippen LogP contribution >= 0.6 is 0 Å². The Balaban J connectivity index is 3.33. The lowest BCUT2D eigenvalue weighted by Gasteiger charge is -2.23. The van der Waals surface area contributed by atoms with Crippen LogP contribution in [-0.2, 0) is 10.0 Å². The highest BCUT2D eigenvalue weighted by Gasteiger charge is 2.27. The van der Waals surface area contributed by atoms with Gasteiger partial charge in [-0.05, 0) is 43.5 Å². The number of anilines is 1. The first-order valence-corrected chi connectivity index (χ1v) is 8.01. The van der Waals surface area contributed by atoms with E-state index in [1.54, 1.807) is 26.0 Å². The molecule has 0 saturated heterocycles. The third-order valence-corrected chi connectivity index (χ3v) is 5.25. The van der Waals surface area contributed by atoms with Crippen molar-refractivity contribution in [1.82, 2.24) is 4.31 Å². The van der Waals surface area contributed by atoms with Gasteiger partial charge >= 0.3 is 0 Å². The molecule has 1 rings (SSSR count). The van der Waals surface area contributed by atoms with Crippen LogP contribution in [-0.4, -0.2) is 37.5 Å². The minimum absolute atomic E-state index is 0.103. The first kappa shape index (κ1) is 16.9. The number of aliphatic hydroxyl groups excluding tert-OH is 1. The highest BCUT2D eigenvalue weighted by molar-refractivity contribution is 7.89. The van der Waals surface area contributed by atoms with Crippen molar-refractivity contribution in [3.63, 3.8) is 0 Å². The lowest BCUT2D eigenvalue weighted by atomic mass is 10.1. The number of nitrogens with one attached hydrogen (secondary N) is 1. The summed E-state index contributed by atoms with van der Waals surface area (Å²) < 4.78 is 26.8. The Hall–Kier alpha value is -1.15. The summed E-state index contributed by atoms with van der Waals surface area (Å²) in [4.78, 5) is 0.290. The van der Waals surface area contributed by atoms with Gasteiger partial charge < -0.3 is 10.5 Å². The number of aryl methyl sites for hydroxylation is 2. The summed E-state index contributed by atoms with van der Waals surface area (Å²) in [6.07, 6.45) is 0.694. The maximum Gasteiger partial charge on any atom is 0.243 e. The second-order valence-electron chi connectivity index (χ2n) is 4.71. The molecule has 0 saturated carbocycles. The van der Waals surface area contributed by atoms with Gasteiger partial charge in [-0.15, -0.1) is 0 Å². The van der Waals surface area contributed by atoms with Crippen molar-refractivity contribution in [1.29, 1.82) is 0 Å². The molecule has 0 aromatic heterocycles. The maximum atomic E-state index is 12.7. The van der Waals surface area contributed by atoms with Crippen LogP contribution in [0.15, 0.2) is 17.0 Å². The number of nitrogens with zero attached hydrogens (tertiary/aromatic N) is 1. The van der Waals surface area contributed by atoms with Gasteiger partial charge in [-0.1, -0.05) is 6.92 Å². The first-order chi connectivity index (χ1) is 9.38. The fourth-order valence-corrected chi connectivity index (χ4v) is 4.22. The Kier molecular flexibility index (Phi) is 5.94. The summed E-state index contributed by atoms with van der Waals surface area (Å²) in [5.74, 6) is 5.36. The molecule has 114 valence electrons. The van der Waals surface area contributed by atoms with E-state index in [2.05, 4.69) is 5.43 Å². The maximum absolute atomic E-state index is 12.7. The van der Waals surface area contributed by atoms with Crippen LogP contribution in [0, 0.1) is 13.8 Å². The predicted molar refractivity (Wildman–Crippen MR) is 79.9 cm³/mol. The lowest BCUT2D eigenvalue weighted by molar-refractivity contribution is 0.253. The monoisotopic (exact) mass is 301 g/mol. The van der Waals surface area contributed by atoms with Crippen LogP contribution in [0.25, 0.3) is 0 Å². The molecule has 0 radical (unpaired) electrons. The molecule has 1 aromatic carbocycles. The van der Waals surface area contributed by atoms with Gasteiger partial charge in [-0.3, -0.25) is 5.84 Å². The van der Waals surface area contributed by atoms with E-state index in [4.69, 9.17) is 10.9 Å². The zero-order valence-corrected chi connectivity index (χ0v) is 13.0. The van der Waals surface area contributed by atoms with Crippen LogP contribution in [0.5, 0.6) is 0 Å². The number of aliphatic hydroxyl groups is 1. The predicted octanol–water partition coefficient (Wildman–Crippen LogP) is 0.982. The van der Waals surface area contributed by atoms with E-state index in [1.807, 2.05) is 6.92 Å². The van der Waals surface area contributed by atoms with Crippen molar-refractivity contribution in [3.8, 4) is 0 Å². The molecule has 0 spiro atoms. The molecule has 1 aromatic rings. The van der Waals surface area contributed by atoms with E-state index in [1.165, 1.54) is 4.31 Å². The molecule has 7 heteroatoms.